The topological polar surface area (TPSA) is 30.8 Å². The highest BCUT2D eigenvalue weighted by atomic mass is 16.6. The molecule has 3 nitrogen and oxygen atoms in total. The summed E-state index contributed by atoms with van der Waals surface area (Å²) >= 11 is 0. The molecule has 2 fully saturated rings. The second kappa shape index (κ2) is 2.46. The number of ether oxygens (including phenoxy) is 1. The summed E-state index contributed by atoms with van der Waals surface area (Å²) < 4.78 is 5.70. The number of hydrogen-bond acceptors (Lipinski definition) is 3. The standard InChI is InChI=1S/C9H13NO2/c1-2-6(1)9-3-7-4-12-10-8(7)5-11-9/h6-7,9H,1-5H2/t7-,9-/m0/s1. The van der Waals surface area contributed by atoms with Gasteiger partial charge in [0.15, 0.2) is 0 Å². The van der Waals surface area contributed by atoms with Crippen molar-refractivity contribution in [2.45, 2.75) is 25.4 Å². The first kappa shape index (κ1) is 6.89. The van der Waals surface area contributed by atoms with Gasteiger partial charge in [-0.2, -0.15) is 0 Å². The zero-order chi connectivity index (χ0) is 7.97. The van der Waals surface area contributed by atoms with Crippen molar-refractivity contribution in [2.24, 2.45) is 17.0 Å². The Morgan fingerprint density at radius 3 is 3.08 bits per heavy atom. The van der Waals surface area contributed by atoms with Gasteiger partial charge >= 0.3 is 0 Å². The van der Waals surface area contributed by atoms with Crippen LogP contribution >= 0.6 is 0 Å². The third-order valence-corrected chi connectivity index (χ3v) is 3.04. The van der Waals surface area contributed by atoms with Crippen LogP contribution in [0, 0.1) is 11.8 Å². The smallest absolute Gasteiger partial charge is 0.125 e. The van der Waals surface area contributed by atoms with Crippen molar-refractivity contribution >= 4 is 5.71 Å². The second-order valence-corrected chi connectivity index (χ2v) is 4.00. The molecule has 0 aromatic heterocycles. The molecule has 0 amide bonds. The van der Waals surface area contributed by atoms with E-state index in [1.54, 1.807) is 0 Å². The van der Waals surface area contributed by atoms with Crippen LogP contribution in [-0.2, 0) is 9.57 Å². The van der Waals surface area contributed by atoms with Crippen molar-refractivity contribution in [3.8, 4) is 0 Å². The molecule has 3 heteroatoms. The van der Waals surface area contributed by atoms with E-state index in [1.165, 1.54) is 12.8 Å². The second-order valence-electron chi connectivity index (χ2n) is 4.00. The molecule has 2 atom stereocenters. The fraction of sp³-hybridized carbons (Fsp3) is 0.889. The first-order chi connectivity index (χ1) is 5.93. The Labute approximate surface area is 71.7 Å². The van der Waals surface area contributed by atoms with E-state index < -0.39 is 0 Å². The van der Waals surface area contributed by atoms with Crippen LogP contribution in [0.1, 0.15) is 19.3 Å². The Balaban J connectivity index is 1.69. The lowest BCUT2D eigenvalue weighted by Crippen LogP contribution is -2.34. The van der Waals surface area contributed by atoms with E-state index in [2.05, 4.69) is 5.16 Å². The van der Waals surface area contributed by atoms with E-state index >= 15 is 0 Å². The maximum atomic E-state index is 5.70. The van der Waals surface area contributed by atoms with Crippen LogP contribution in [0.4, 0.5) is 0 Å². The van der Waals surface area contributed by atoms with Crippen molar-refractivity contribution in [3.63, 3.8) is 0 Å². The van der Waals surface area contributed by atoms with E-state index in [0.717, 1.165) is 24.7 Å². The maximum absolute atomic E-state index is 5.70. The number of oxime groups is 1. The van der Waals surface area contributed by atoms with E-state index in [4.69, 9.17) is 9.57 Å². The van der Waals surface area contributed by atoms with Crippen molar-refractivity contribution in [3.05, 3.63) is 0 Å². The molecule has 66 valence electrons. The highest BCUT2D eigenvalue weighted by Gasteiger charge is 2.39. The molecule has 1 aliphatic carbocycles. The fourth-order valence-corrected chi connectivity index (χ4v) is 2.07. The van der Waals surface area contributed by atoms with E-state index in [-0.39, 0.29) is 0 Å². The minimum atomic E-state index is 0.510. The van der Waals surface area contributed by atoms with Gasteiger partial charge in [0.25, 0.3) is 0 Å². The first-order valence-electron chi connectivity index (χ1n) is 4.74. The van der Waals surface area contributed by atoms with Crippen molar-refractivity contribution < 1.29 is 9.57 Å². The molecule has 2 aliphatic heterocycles. The number of fused-ring (bicyclic) bond motifs is 1. The Bertz CT molecular complexity index is 223. The Hall–Kier alpha value is -0.570. The lowest BCUT2D eigenvalue weighted by molar-refractivity contribution is 0.0297. The minimum absolute atomic E-state index is 0.510. The predicted molar refractivity (Wildman–Crippen MR) is 44.0 cm³/mol. The molecule has 0 spiro atoms. The van der Waals surface area contributed by atoms with Crippen LogP contribution in [0.25, 0.3) is 0 Å². The van der Waals surface area contributed by atoms with Gasteiger partial charge in [0.05, 0.1) is 18.4 Å². The van der Waals surface area contributed by atoms with E-state index in [1.807, 2.05) is 0 Å². The quantitative estimate of drug-likeness (QED) is 0.587. The average molecular weight is 167 g/mol. The first-order valence-corrected chi connectivity index (χ1v) is 4.74. The molecule has 0 bridgehead atoms. The largest absolute Gasteiger partial charge is 0.395 e. The molecular formula is C9H13NO2. The summed E-state index contributed by atoms with van der Waals surface area (Å²) in [5, 5.41) is 3.96. The SMILES string of the molecule is C1O[C@H](C2CC2)C[C@H]2CON=C12. The van der Waals surface area contributed by atoms with E-state index in [9.17, 15) is 0 Å². The molecule has 0 radical (unpaired) electrons. The van der Waals surface area contributed by atoms with Crippen molar-refractivity contribution in [2.75, 3.05) is 13.2 Å². The molecule has 3 rings (SSSR count). The van der Waals surface area contributed by atoms with Gasteiger partial charge in [-0.15, -0.1) is 0 Å². The molecule has 3 aliphatic rings. The van der Waals surface area contributed by atoms with Crippen LogP contribution in [0.3, 0.4) is 0 Å². The summed E-state index contributed by atoms with van der Waals surface area (Å²) in [5.41, 5.74) is 1.13. The molecule has 0 aromatic carbocycles. The van der Waals surface area contributed by atoms with Gasteiger partial charge in [-0.05, 0) is 25.2 Å². The molecule has 1 saturated carbocycles. The van der Waals surface area contributed by atoms with Crippen LogP contribution in [-0.4, -0.2) is 25.0 Å². The summed E-state index contributed by atoms with van der Waals surface area (Å²) in [7, 11) is 0. The summed E-state index contributed by atoms with van der Waals surface area (Å²) in [5.74, 6) is 1.43. The molecule has 2 heterocycles. The summed E-state index contributed by atoms with van der Waals surface area (Å²) in [4.78, 5) is 5.05. The lowest BCUT2D eigenvalue weighted by Gasteiger charge is -2.26. The molecule has 0 N–H and O–H groups in total. The van der Waals surface area contributed by atoms with Gasteiger partial charge < -0.3 is 9.57 Å². The monoisotopic (exact) mass is 167 g/mol. The molecular weight excluding hydrogens is 154 g/mol. The van der Waals surface area contributed by atoms with Gasteiger partial charge in [0.1, 0.15) is 6.61 Å². The summed E-state index contributed by atoms with van der Waals surface area (Å²) in [6.07, 6.45) is 4.38. The fourth-order valence-electron chi connectivity index (χ4n) is 2.07. The van der Waals surface area contributed by atoms with Gasteiger partial charge in [0, 0.05) is 5.92 Å². The van der Waals surface area contributed by atoms with Crippen LogP contribution in [0.2, 0.25) is 0 Å². The van der Waals surface area contributed by atoms with Crippen molar-refractivity contribution in [1.29, 1.82) is 0 Å². The van der Waals surface area contributed by atoms with Crippen molar-refractivity contribution in [1.82, 2.24) is 0 Å². The van der Waals surface area contributed by atoms with Crippen LogP contribution in [0.5, 0.6) is 0 Å². The highest BCUT2D eigenvalue weighted by molar-refractivity contribution is 5.89. The number of hydrogen-bond donors (Lipinski definition) is 0. The van der Waals surface area contributed by atoms with Gasteiger partial charge in [-0.1, -0.05) is 5.16 Å². The Morgan fingerprint density at radius 1 is 1.33 bits per heavy atom. The summed E-state index contributed by atoms with van der Waals surface area (Å²) in [6.45, 7) is 1.51. The molecule has 1 saturated heterocycles. The zero-order valence-electron chi connectivity index (χ0n) is 7.03. The molecule has 0 aromatic rings. The van der Waals surface area contributed by atoms with Crippen LogP contribution in [0.15, 0.2) is 5.16 Å². The minimum Gasteiger partial charge on any atom is -0.395 e. The number of rotatable bonds is 1. The summed E-state index contributed by atoms with van der Waals surface area (Å²) in [6, 6.07) is 0. The average Bonchev–Trinajstić information content (AvgIpc) is 2.84. The van der Waals surface area contributed by atoms with Gasteiger partial charge in [0.2, 0.25) is 0 Å². The normalized spacial score (nSPS) is 40.2. The Morgan fingerprint density at radius 2 is 2.25 bits per heavy atom. The third kappa shape index (κ3) is 1.04. The lowest BCUT2D eigenvalue weighted by atomic mass is 9.93. The predicted octanol–water partition coefficient (Wildman–Crippen LogP) is 1.19. The number of nitrogens with zero attached hydrogens (tertiary/aromatic N) is 1. The molecule has 12 heavy (non-hydrogen) atoms. The highest BCUT2D eigenvalue weighted by Crippen LogP contribution is 2.39. The van der Waals surface area contributed by atoms with Gasteiger partial charge in [-0.3, -0.25) is 0 Å². The van der Waals surface area contributed by atoms with Crippen LogP contribution < -0.4 is 0 Å². The molecule has 0 unspecified atom stereocenters. The zero-order valence-corrected chi connectivity index (χ0v) is 7.03. The third-order valence-electron chi connectivity index (χ3n) is 3.04. The van der Waals surface area contributed by atoms with Gasteiger partial charge in [-0.25, -0.2) is 0 Å². The van der Waals surface area contributed by atoms with E-state index in [0.29, 0.717) is 18.6 Å². The Kier molecular flexibility index (Phi) is 1.41. The maximum Gasteiger partial charge on any atom is 0.125 e.